The van der Waals surface area contributed by atoms with E-state index in [0.717, 1.165) is 5.69 Å². The first kappa shape index (κ1) is 15.8. The average molecular weight is 350 g/mol. The molecule has 23 heavy (non-hydrogen) atoms. The van der Waals surface area contributed by atoms with Gasteiger partial charge in [-0.25, -0.2) is 4.98 Å². The van der Waals surface area contributed by atoms with Crippen LogP contribution in [0.25, 0.3) is 4.96 Å². The smallest absolute Gasteiger partial charge is 0.258 e. The van der Waals surface area contributed by atoms with Crippen LogP contribution < -0.4 is 10.9 Å². The predicted octanol–water partition coefficient (Wildman–Crippen LogP) is 2.23. The summed E-state index contributed by atoms with van der Waals surface area (Å²) in [7, 11) is 0. The number of carbonyl (C=O) groups excluding carboxylic acids is 1. The van der Waals surface area contributed by atoms with Gasteiger partial charge >= 0.3 is 0 Å². The van der Waals surface area contributed by atoms with Crippen molar-refractivity contribution in [1.29, 1.82) is 0 Å². The van der Waals surface area contributed by atoms with Crippen LogP contribution in [0.4, 0.5) is 5.82 Å². The number of hydrogen-bond donors (Lipinski definition) is 1. The quantitative estimate of drug-likeness (QED) is 0.759. The topological polar surface area (TPSA) is 89.5 Å². The Morgan fingerprint density at radius 2 is 2.26 bits per heavy atom. The molecule has 3 heterocycles. The molecule has 0 saturated carbocycles. The summed E-state index contributed by atoms with van der Waals surface area (Å²) >= 11 is 2.82. The lowest BCUT2D eigenvalue weighted by Crippen LogP contribution is -2.16. The molecule has 0 aliphatic rings. The molecule has 120 valence electrons. The normalized spacial score (nSPS) is 11.0. The van der Waals surface area contributed by atoms with E-state index in [1.165, 1.54) is 29.2 Å². The van der Waals surface area contributed by atoms with Gasteiger partial charge in [0.1, 0.15) is 5.76 Å². The van der Waals surface area contributed by atoms with Crippen molar-refractivity contribution in [2.45, 2.75) is 19.6 Å². The van der Waals surface area contributed by atoms with Crippen LogP contribution in [0.3, 0.4) is 0 Å². The molecule has 0 unspecified atom stereocenters. The summed E-state index contributed by atoms with van der Waals surface area (Å²) in [4.78, 5) is 29.0. The molecule has 0 aliphatic heterocycles. The van der Waals surface area contributed by atoms with Gasteiger partial charge in [-0.15, -0.1) is 23.1 Å². The first-order chi connectivity index (χ1) is 11.0. The monoisotopic (exact) mass is 350 g/mol. The van der Waals surface area contributed by atoms with Gasteiger partial charge in [-0.3, -0.25) is 14.0 Å². The highest BCUT2D eigenvalue weighted by molar-refractivity contribution is 7.99. The molecule has 1 N–H and O–H groups in total. The minimum absolute atomic E-state index is 0.0909. The molecule has 7 nitrogen and oxygen atoms in total. The Morgan fingerprint density at radius 1 is 1.43 bits per heavy atom. The SMILES string of the molecule is Cc1cc(NC(=O)CSCc2cc(=O)n3c(C)csc3n2)no1. The second-order valence-corrected chi connectivity index (χ2v) is 6.77. The first-order valence-electron chi connectivity index (χ1n) is 6.80. The summed E-state index contributed by atoms with van der Waals surface area (Å²) in [5, 5.41) is 8.24. The van der Waals surface area contributed by atoms with Crippen molar-refractivity contribution in [1.82, 2.24) is 14.5 Å². The number of amides is 1. The Bertz CT molecular complexity index is 912. The van der Waals surface area contributed by atoms with E-state index in [1.54, 1.807) is 17.4 Å². The fourth-order valence-corrected chi connectivity index (χ4v) is 3.63. The molecule has 0 fully saturated rings. The molecule has 3 rings (SSSR count). The zero-order chi connectivity index (χ0) is 16.4. The van der Waals surface area contributed by atoms with Crippen molar-refractivity contribution in [3.05, 3.63) is 45.0 Å². The Kier molecular flexibility index (Phi) is 4.49. The number of thioether (sulfide) groups is 1. The van der Waals surface area contributed by atoms with Crippen LogP contribution >= 0.6 is 23.1 Å². The molecule has 3 aromatic heterocycles. The van der Waals surface area contributed by atoms with Gasteiger partial charge in [-0.05, 0) is 13.8 Å². The second kappa shape index (κ2) is 6.55. The number of fused-ring (bicyclic) bond motifs is 1. The molecule has 0 aliphatic carbocycles. The van der Waals surface area contributed by atoms with Crippen LogP contribution in [-0.2, 0) is 10.5 Å². The molecule has 0 aromatic carbocycles. The van der Waals surface area contributed by atoms with Crippen molar-refractivity contribution >= 4 is 39.8 Å². The van der Waals surface area contributed by atoms with E-state index in [1.807, 2.05) is 12.3 Å². The molecule has 0 bridgehead atoms. The molecular formula is C14H14N4O3S2. The van der Waals surface area contributed by atoms with Crippen molar-refractivity contribution in [3.8, 4) is 0 Å². The largest absolute Gasteiger partial charge is 0.360 e. The Morgan fingerprint density at radius 3 is 3.00 bits per heavy atom. The molecule has 0 radical (unpaired) electrons. The second-order valence-electron chi connectivity index (χ2n) is 4.94. The van der Waals surface area contributed by atoms with Gasteiger partial charge in [0.2, 0.25) is 5.91 Å². The molecule has 1 amide bonds. The van der Waals surface area contributed by atoms with E-state index in [2.05, 4.69) is 15.5 Å². The van der Waals surface area contributed by atoms with E-state index in [9.17, 15) is 9.59 Å². The number of rotatable bonds is 5. The Labute approximate surface area is 139 Å². The fourth-order valence-electron chi connectivity index (χ4n) is 2.03. The maximum atomic E-state index is 12.0. The molecule has 3 aromatic rings. The highest BCUT2D eigenvalue weighted by atomic mass is 32.2. The number of carbonyl (C=O) groups is 1. The van der Waals surface area contributed by atoms with Gasteiger partial charge in [0, 0.05) is 29.0 Å². The lowest BCUT2D eigenvalue weighted by Gasteiger charge is -2.02. The van der Waals surface area contributed by atoms with Crippen LogP contribution in [0.2, 0.25) is 0 Å². The summed E-state index contributed by atoms with van der Waals surface area (Å²) in [5.41, 5.74) is 1.46. The molecule has 9 heteroatoms. The number of aromatic nitrogens is 3. The molecular weight excluding hydrogens is 336 g/mol. The molecule has 0 spiro atoms. The van der Waals surface area contributed by atoms with Crippen molar-refractivity contribution in [3.63, 3.8) is 0 Å². The number of hydrogen-bond acceptors (Lipinski definition) is 7. The Balaban J connectivity index is 1.58. The first-order valence-corrected chi connectivity index (χ1v) is 8.84. The van der Waals surface area contributed by atoms with Crippen LogP contribution in [0.1, 0.15) is 17.1 Å². The van der Waals surface area contributed by atoms with E-state index in [-0.39, 0.29) is 17.2 Å². The lowest BCUT2D eigenvalue weighted by atomic mass is 10.4. The fraction of sp³-hybridized carbons (Fsp3) is 0.286. The van der Waals surface area contributed by atoms with Gasteiger partial charge in [-0.1, -0.05) is 5.16 Å². The highest BCUT2D eigenvalue weighted by Gasteiger charge is 2.09. The van der Waals surface area contributed by atoms with Gasteiger partial charge < -0.3 is 9.84 Å². The zero-order valence-corrected chi connectivity index (χ0v) is 14.2. The maximum Gasteiger partial charge on any atom is 0.258 e. The molecule has 0 atom stereocenters. The maximum absolute atomic E-state index is 12.0. The van der Waals surface area contributed by atoms with Gasteiger partial charge in [0.15, 0.2) is 10.8 Å². The van der Waals surface area contributed by atoms with Crippen LogP contribution in [-0.4, -0.2) is 26.2 Å². The number of thiazole rings is 1. The summed E-state index contributed by atoms with van der Waals surface area (Å²) in [6.07, 6.45) is 0. The van der Waals surface area contributed by atoms with Crippen molar-refractivity contribution in [2.24, 2.45) is 0 Å². The summed E-state index contributed by atoms with van der Waals surface area (Å²) in [6, 6.07) is 3.16. The summed E-state index contributed by atoms with van der Waals surface area (Å²) in [6.45, 7) is 3.63. The summed E-state index contributed by atoms with van der Waals surface area (Å²) < 4.78 is 6.46. The Hall–Kier alpha value is -2.13. The zero-order valence-electron chi connectivity index (χ0n) is 12.5. The van der Waals surface area contributed by atoms with Crippen LogP contribution in [0, 0.1) is 13.8 Å². The van der Waals surface area contributed by atoms with Crippen molar-refractivity contribution in [2.75, 3.05) is 11.1 Å². The van der Waals surface area contributed by atoms with E-state index in [0.29, 0.717) is 28.0 Å². The third-order valence-electron chi connectivity index (χ3n) is 3.01. The predicted molar refractivity (Wildman–Crippen MR) is 90.1 cm³/mol. The van der Waals surface area contributed by atoms with Crippen LogP contribution in [0.15, 0.2) is 26.8 Å². The lowest BCUT2D eigenvalue weighted by molar-refractivity contribution is -0.113. The van der Waals surface area contributed by atoms with Crippen LogP contribution in [0.5, 0.6) is 0 Å². The number of anilines is 1. The van der Waals surface area contributed by atoms with Gasteiger partial charge in [0.25, 0.3) is 5.56 Å². The third-order valence-corrected chi connectivity index (χ3v) is 4.92. The standard InChI is InChI=1S/C14H14N4O3S2/c1-8-5-23-14-15-10(4-13(20)18(8)14)6-22-7-12(19)16-11-3-9(2)21-17-11/h3-5H,6-7H2,1-2H3,(H,16,17,19). The minimum Gasteiger partial charge on any atom is -0.360 e. The minimum atomic E-state index is -0.173. The summed E-state index contributed by atoms with van der Waals surface area (Å²) in [5.74, 6) is 1.61. The molecule has 0 saturated heterocycles. The van der Waals surface area contributed by atoms with Gasteiger partial charge in [-0.2, -0.15) is 0 Å². The van der Waals surface area contributed by atoms with Gasteiger partial charge in [0.05, 0.1) is 11.4 Å². The third kappa shape index (κ3) is 3.62. The number of nitrogens with zero attached hydrogens (tertiary/aromatic N) is 3. The highest BCUT2D eigenvalue weighted by Crippen LogP contribution is 2.15. The van der Waals surface area contributed by atoms with Crippen molar-refractivity contribution < 1.29 is 9.32 Å². The number of nitrogens with one attached hydrogen (secondary N) is 1. The van der Waals surface area contributed by atoms with E-state index in [4.69, 9.17) is 4.52 Å². The average Bonchev–Trinajstić information content (AvgIpc) is 3.05. The number of aryl methyl sites for hydroxylation is 2. The van der Waals surface area contributed by atoms with E-state index >= 15 is 0 Å². The van der Waals surface area contributed by atoms with E-state index < -0.39 is 0 Å².